The van der Waals surface area contributed by atoms with Crippen LogP contribution in [0.25, 0.3) is 11.4 Å². The monoisotopic (exact) mass is 389 g/mol. The van der Waals surface area contributed by atoms with Crippen LogP contribution >= 0.6 is 11.6 Å². The highest BCUT2D eigenvalue weighted by Gasteiger charge is 2.35. The van der Waals surface area contributed by atoms with E-state index in [0.717, 1.165) is 6.42 Å². The predicted octanol–water partition coefficient (Wildman–Crippen LogP) is 4.65. The summed E-state index contributed by atoms with van der Waals surface area (Å²) in [5.74, 6) is -0.897. The van der Waals surface area contributed by atoms with E-state index < -0.39 is 17.8 Å². The van der Waals surface area contributed by atoms with Crippen molar-refractivity contribution in [1.82, 2.24) is 15.0 Å². The van der Waals surface area contributed by atoms with E-state index in [4.69, 9.17) is 16.1 Å². The summed E-state index contributed by atoms with van der Waals surface area (Å²) in [6, 6.07) is 9.12. The minimum atomic E-state index is -0.632. The second-order valence-electron chi connectivity index (χ2n) is 6.24. The van der Waals surface area contributed by atoms with Gasteiger partial charge in [0, 0.05) is 17.1 Å². The second-order valence-corrected chi connectivity index (χ2v) is 6.68. The molecule has 3 aromatic rings. The number of amides is 1. The predicted molar refractivity (Wildman–Crippen MR) is 94.1 cm³/mol. The van der Waals surface area contributed by atoms with E-state index in [-0.39, 0.29) is 22.3 Å². The number of carbonyl (C=O) groups is 1. The maximum atomic E-state index is 14.1. The van der Waals surface area contributed by atoms with Crippen LogP contribution in [0.1, 0.15) is 35.1 Å². The first kappa shape index (κ1) is 17.6. The van der Waals surface area contributed by atoms with Crippen molar-refractivity contribution in [3.63, 3.8) is 0 Å². The number of halogens is 3. The molecule has 1 aliphatic heterocycles. The quantitative estimate of drug-likeness (QED) is 0.654. The van der Waals surface area contributed by atoms with Crippen molar-refractivity contribution in [1.29, 1.82) is 0 Å². The van der Waals surface area contributed by atoms with E-state index in [2.05, 4.69) is 10.1 Å². The van der Waals surface area contributed by atoms with Crippen LogP contribution in [0.5, 0.6) is 0 Å². The summed E-state index contributed by atoms with van der Waals surface area (Å²) >= 11 is 5.90. The summed E-state index contributed by atoms with van der Waals surface area (Å²) in [5.41, 5.74) is 0.510. The van der Waals surface area contributed by atoms with Gasteiger partial charge in [-0.3, -0.25) is 4.79 Å². The third-order valence-corrected chi connectivity index (χ3v) is 4.74. The third kappa shape index (κ3) is 3.42. The first-order valence-electron chi connectivity index (χ1n) is 8.38. The van der Waals surface area contributed by atoms with Crippen molar-refractivity contribution in [3.8, 4) is 11.4 Å². The van der Waals surface area contributed by atoms with Gasteiger partial charge in [-0.05, 0) is 55.3 Å². The summed E-state index contributed by atoms with van der Waals surface area (Å²) in [5, 5.41) is 4.20. The normalized spacial score (nSPS) is 16.7. The molecule has 0 aliphatic carbocycles. The van der Waals surface area contributed by atoms with Crippen molar-refractivity contribution >= 4 is 17.5 Å². The van der Waals surface area contributed by atoms with Crippen molar-refractivity contribution in [3.05, 3.63) is 70.6 Å². The van der Waals surface area contributed by atoms with Crippen LogP contribution in [0.15, 0.2) is 47.0 Å². The van der Waals surface area contributed by atoms with Crippen LogP contribution in [-0.2, 0) is 0 Å². The highest BCUT2D eigenvalue weighted by Crippen LogP contribution is 2.34. The number of likely N-dealkylation sites (tertiary alicyclic amines) is 1. The lowest BCUT2D eigenvalue weighted by molar-refractivity contribution is 0.0705. The number of hydrogen-bond acceptors (Lipinski definition) is 4. The molecular weight excluding hydrogens is 376 g/mol. The Kier molecular flexibility index (Phi) is 4.61. The van der Waals surface area contributed by atoms with Crippen LogP contribution in [0.4, 0.5) is 8.78 Å². The van der Waals surface area contributed by atoms with Crippen molar-refractivity contribution < 1.29 is 18.1 Å². The number of nitrogens with zero attached hydrogens (tertiary/aromatic N) is 3. The van der Waals surface area contributed by atoms with Gasteiger partial charge in [-0.2, -0.15) is 4.98 Å². The lowest BCUT2D eigenvalue weighted by atomic mass is 10.1. The minimum absolute atomic E-state index is 0.0901. The first-order valence-corrected chi connectivity index (χ1v) is 8.76. The molecular formula is C19H14ClF2N3O2. The van der Waals surface area contributed by atoms with Gasteiger partial charge in [0.05, 0.1) is 5.56 Å². The molecule has 1 amide bonds. The van der Waals surface area contributed by atoms with E-state index in [1.54, 1.807) is 12.1 Å². The molecule has 1 aliphatic rings. The minimum Gasteiger partial charge on any atom is -0.337 e. The fourth-order valence-corrected chi connectivity index (χ4v) is 3.34. The van der Waals surface area contributed by atoms with Crippen LogP contribution in [0.2, 0.25) is 5.02 Å². The molecule has 4 rings (SSSR count). The van der Waals surface area contributed by atoms with Crippen molar-refractivity contribution in [2.75, 3.05) is 6.54 Å². The molecule has 1 saturated heterocycles. The van der Waals surface area contributed by atoms with Gasteiger partial charge in [0.25, 0.3) is 5.91 Å². The van der Waals surface area contributed by atoms with Gasteiger partial charge in [0.2, 0.25) is 11.7 Å². The van der Waals surface area contributed by atoms with E-state index in [1.165, 1.54) is 35.2 Å². The van der Waals surface area contributed by atoms with E-state index in [9.17, 15) is 13.6 Å². The SMILES string of the molecule is O=C(c1cc(Cl)ccc1F)N1CCC[C@@H]1c1nc(-c2ccc(F)cc2)no1. The molecule has 1 fully saturated rings. The highest BCUT2D eigenvalue weighted by molar-refractivity contribution is 6.31. The number of aromatic nitrogens is 2. The van der Waals surface area contributed by atoms with Crippen molar-refractivity contribution in [2.24, 2.45) is 0 Å². The fourth-order valence-electron chi connectivity index (χ4n) is 3.17. The Morgan fingerprint density at radius 3 is 2.74 bits per heavy atom. The summed E-state index contributed by atoms with van der Waals surface area (Å²) < 4.78 is 32.5. The zero-order chi connectivity index (χ0) is 19.0. The highest BCUT2D eigenvalue weighted by atomic mass is 35.5. The van der Waals surface area contributed by atoms with Crippen LogP contribution < -0.4 is 0 Å². The van der Waals surface area contributed by atoms with Gasteiger partial charge in [-0.1, -0.05) is 16.8 Å². The average molecular weight is 390 g/mol. The Balaban J connectivity index is 1.61. The van der Waals surface area contributed by atoms with E-state index >= 15 is 0 Å². The molecule has 1 atom stereocenters. The van der Waals surface area contributed by atoms with Gasteiger partial charge in [-0.15, -0.1) is 0 Å². The third-order valence-electron chi connectivity index (χ3n) is 4.50. The molecule has 0 N–H and O–H groups in total. The summed E-state index contributed by atoms with van der Waals surface area (Å²) in [7, 11) is 0. The molecule has 1 aromatic heterocycles. The molecule has 0 bridgehead atoms. The lowest BCUT2D eigenvalue weighted by Gasteiger charge is -2.22. The number of hydrogen-bond donors (Lipinski definition) is 0. The van der Waals surface area contributed by atoms with Crippen molar-refractivity contribution in [2.45, 2.75) is 18.9 Å². The average Bonchev–Trinajstić information content (AvgIpc) is 3.32. The molecule has 0 radical (unpaired) electrons. The fraction of sp³-hybridized carbons (Fsp3) is 0.211. The zero-order valence-electron chi connectivity index (χ0n) is 14.0. The zero-order valence-corrected chi connectivity index (χ0v) is 14.8. The molecule has 0 saturated carbocycles. The standard InChI is InChI=1S/C19H14ClF2N3O2/c20-12-5-8-15(22)14(10-12)19(26)25-9-1-2-16(25)18-23-17(24-27-18)11-3-6-13(21)7-4-11/h3-8,10,16H,1-2,9H2/t16-/m1/s1. The van der Waals surface area contributed by atoms with E-state index in [1.807, 2.05) is 0 Å². The molecule has 2 heterocycles. The number of rotatable bonds is 3. The maximum absolute atomic E-state index is 14.1. The smallest absolute Gasteiger partial charge is 0.257 e. The Morgan fingerprint density at radius 1 is 1.19 bits per heavy atom. The molecule has 138 valence electrons. The van der Waals surface area contributed by atoms with Gasteiger partial charge in [0.15, 0.2) is 0 Å². The van der Waals surface area contributed by atoms with Gasteiger partial charge >= 0.3 is 0 Å². The maximum Gasteiger partial charge on any atom is 0.257 e. The lowest BCUT2D eigenvalue weighted by Crippen LogP contribution is -2.31. The molecule has 0 spiro atoms. The van der Waals surface area contributed by atoms with Gasteiger partial charge < -0.3 is 9.42 Å². The van der Waals surface area contributed by atoms with Gasteiger partial charge in [0.1, 0.15) is 17.7 Å². The van der Waals surface area contributed by atoms with E-state index in [0.29, 0.717) is 24.4 Å². The molecule has 8 heteroatoms. The summed E-state index contributed by atoms with van der Waals surface area (Å²) in [6.45, 7) is 0.448. The molecule has 5 nitrogen and oxygen atoms in total. The summed E-state index contributed by atoms with van der Waals surface area (Å²) in [4.78, 5) is 18.7. The summed E-state index contributed by atoms with van der Waals surface area (Å²) in [6.07, 6.45) is 1.35. The topological polar surface area (TPSA) is 59.2 Å². The molecule has 0 unspecified atom stereocenters. The Labute approximate surface area is 158 Å². The Morgan fingerprint density at radius 2 is 1.96 bits per heavy atom. The van der Waals surface area contributed by atoms with Crippen LogP contribution in [0.3, 0.4) is 0 Å². The number of carbonyl (C=O) groups excluding carboxylic acids is 1. The largest absolute Gasteiger partial charge is 0.337 e. The Bertz CT molecular complexity index is 991. The molecule has 27 heavy (non-hydrogen) atoms. The molecule has 2 aromatic carbocycles. The van der Waals surface area contributed by atoms with Gasteiger partial charge in [-0.25, -0.2) is 8.78 Å². The number of benzene rings is 2. The second kappa shape index (κ2) is 7.08. The van der Waals surface area contributed by atoms with Crippen LogP contribution in [0, 0.1) is 11.6 Å². The van der Waals surface area contributed by atoms with Crippen LogP contribution in [-0.4, -0.2) is 27.5 Å². The first-order chi connectivity index (χ1) is 13.0. The Hall–Kier alpha value is -2.80.